The van der Waals surface area contributed by atoms with Crippen molar-refractivity contribution in [1.29, 1.82) is 0 Å². The zero-order valence-corrected chi connectivity index (χ0v) is 10.6. The van der Waals surface area contributed by atoms with Crippen LogP contribution < -0.4 is 0 Å². The van der Waals surface area contributed by atoms with Crippen LogP contribution >= 0.6 is 34.5 Å². The van der Waals surface area contributed by atoms with E-state index in [0.29, 0.717) is 10.8 Å². The molecule has 0 atom stereocenters. The van der Waals surface area contributed by atoms with E-state index in [-0.39, 0.29) is 10.6 Å². The van der Waals surface area contributed by atoms with E-state index in [1.807, 2.05) is 24.3 Å². The number of benzene rings is 1. The molecule has 1 aromatic carbocycles. The van der Waals surface area contributed by atoms with Crippen LogP contribution in [-0.4, -0.2) is 19.9 Å². The summed E-state index contributed by atoms with van der Waals surface area (Å²) < 4.78 is 1.06. The highest BCUT2D eigenvalue weighted by Gasteiger charge is 2.11. The summed E-state index contributed by atoms with van der Waals surface area (Å²) in [6, 6.07) is 7.80. The van der Waals surface area contributed by atoms with Crippen LogP contribution in [0.15, 0.2) is 24.3 Å². The Morgan fingerprint density at radius 2 is 1.59 bits per heavy atom. The van der Waals surface area contributed by atoms with E-state index in [2.05, 4.69) is 19.9 Å². The molecule has 0 amide bonds. The average Bonchev–Trinajstić information content (AvgIpc) is 2.71. The molecule has 7 heteroatoms. The van der Waals surface area contributed by atoms with Crippen LogP contribution in [0.4, 0.5) is 0 Å². The molecule has 0 saturated carbocycles. The summed E-state index contributed by atoms with van der Waals surface area (Å²) >= 11 is 12.9. The number of halogens is 2. The van der Waals surface area contributed by atoms with E-state index in [4.69, 9.17) is 23.2 Å². The van der Waals surface area contributed by atoms with Gasteiger partial charge < -0.3 is 0 Å². The molecule has 0 N–H and O–H groups in total. The smallest absolute Gasteiger partial charge is 0.227 e. The Kier molecular flexibility index (Phi) is 2.66. The standard InChI is InChI=1S/C10H4Cl2N4S/c11-9-14-7(15-10(12)16-9)8-13-5-3-1-2-4-6(5)17-8/h1-4H. The Bertz CT molecular complexity index is 644. The van der Waals surface area contributed by atoms with Gasteiger partial charge in [0.15, 0.2) is 10.8 Å². The van der Waals surface area contributed by atoms with Gasteiger partial charge >= 0.3 is 0 Å². The highest BCUT2D eigenvalue weighted by atomic mass is 35.5. The summed E-state index contributed by atoms with van der Waals surface area (Å²) in [4.78, 5) is 16.1. The molecule has 0 radical (unpaired) electrons. The van der Waals surface area contributed by atoms with Crippen molar-refractivity contribution in [3.8, 4) is 10.8 Å². The molecule has 84 valence electrons. The molecule has 0 fully saturated rings. The Morgan fingerprint density at radius 1 is 0.882 bits per heavy atom. The summed E-state index contributed by atoms with van der Waals surface area (Å²) in [6.45, 7) is 0. The van der Waals surface area contributed by atoms with Gasteiger partial charge in [-0.3, -0.25) is 0 Å². The van der Waals surface area contributed by atoms with Crippen molar-refractivity contribution in [2.24, 2.45) is 0 Å². The van der Waals surface area contributed by atoms with Crippen LogP contribution in [-0.2, 0) is 0 Å². The topological polar surface area (TPSA) is 51.6 Å². The summed E-state index contributed by atoms with van der Waals surface area (Å²) in [5.41, 5.74) is 0.903. The zero-order chi connectivity index (χ0) is 11.8. The largest absolute Gasteiger partial charge is 0.233 e. The van der Waals surface area contributed by atoms with Crippen LogP contribution in [0, 0.1) is 0 Å². The normalized spacial score (nSPS) is 10.9. The fraction of sp³-hybridized carbons (Fsp3) is 0. The van der Waals surface area contributed by atoms with Crippen LogP contribution in [0.3, 0.4) is 0 Å². The second-order valence-electron chi connectivity index (χ2n) is 3.18. The fourth-order valence-electron chi connectivity index (χ4n) is 1.39. The van der Waals surface area contributed by atoms with Crippen LogP contribution in [0.25, 0.3) is 21.0 Å². The van der Waals surface area contributed by atoms with Gasteiger partial charge in [-0.1, -0.05) is 12.1 Å². The van der Waals surface area contributed by atoms with Crippen molar-refractivity contribution < 1.29 is 0 Å². The third-order valence-electron chi connectivity index (χ3n) is 2.07. The van der Waals surface area contributed by atoms with Crippen molar-refractivity contribution in [3.05, 3.63) is 34.8 Å². The van der Waals surface area contributed by atoms with Gasteiger partial charge in [0.2, 0.25) is 10.6 Å². The molecule has 2 heterocycles. The number of fused-ring (bicyclic) bond motifs is 1. The first-order valence-corrected chi connectivity index (χ1v) is 6.22. The maximum Gasteiger partial charge on any atom is 0.227 e. The maximum atomic E-state index is 5.73. The fourth-order valence-corrected chi connectivity index (χ4v) is 2.65. The lowest BCUT2D eigenvalue weighted by molar-refractivity contribution is 1.05. The Morgan fingerprint density at radius 3 is 2.29 bits per heavy atom. The molecule has 0 spiro atoms. The molecule has 4 nitrogen and oxygen atoms in total. The van der Waals surface area contributed by atoms with Crippen molar-refractivity contribution in [3.63, 3.8) is 0 Å². The number of hydrogen-bond acceptors (Lipinski definition) is 5. The number of para-hydroxylation sites is 1. The molecule has 3 rings (SSSR count). The molecule has 0 aliphatic carbocycles. The van der Waals surface area contributed by atoms with Gasteiger partial charge in [0, 0.05) is 0 Å². The van der Waals surface area contributed by atoms with Crippen LogP contribution in [0.5, 0.6) is 0 Å². The predicted octanol–water partition coefficient (Wildman–Crippen LogP) is 3.46. The minimum atomic E-state index is 0.0688. The predicted molar refractivity (Wildman–Crippen MR) is 68.5 cm³/mol. The highest BCUT2D eigenvalue weighted by molar-refractivity contribution is 7.21. The first kappa shape index (κ1) is 10.8. The summed E-state index contributed by atoms with van der Waals surface area (Å²) in [5, 5.41) is 0.816. The molecular weight excluding hydrogens is 279 g/mol. The third-order valence-corrected chi connectivity index (χ3v) is 3.44. The van der Waals surface area contributed by atoms with Gasteiger partial charge in [-0.25, -0.2) is 4.98 Å². The van der Waals surface area contributed by atoms with Gasteiger partial charge in [-0.2, -0.15) is 15.0 Å². The Hall–Kier alpha value is -1.30. The van der Waals surface area contributed by atoms with Crippen molar-refractivity contribution in [2.45, 2.75) is 0 Å². The zero-order valence-electron chi connectivity index (χ0n) is 8.26. The van der Waals surface area contributed by atoms with E-state index in [1.54, 1.807) is 0 Å². The minimum absolute atomic E-state index is 0.0688. The minimum Gasteiger partial charge on any atom is -0.233 e. The Labute approximate surface area is 110 Å². The summed E-state index contributed by atoms with van der Waals surface area (Å²) in [5.74, 6) is 0.399. The van der Waals surface area contributed by atoms with Gasteiger partial charge in [-0.05, 0) is 35.3 Å². The summed E-state index contributed by atoms with van der Waals surface area (Å²) in [7, 11) is 0. The van der Waals surface area contributed by atoms with Gasteiger partial charge in [0.05, 0.1) is 10.2 Å². The lowest BCUT2D eigenvalue weighted by Crippen LogP contribution is -1.92. The second-order valence-corrected chi connectivity index (χ2v) is 4.89. The number of hydrogen-bond donors (Lipinski definition) is 0. The van der Waals surface area contributed by atoms with Gasteiger partial charge in [-0.15, -0.1) is 11.3 Å². The lowest BCUT2D eigenvalue weighted by atomic mass is 10.3. The molecule has 0 aliphatic heterocycles. The number of aromatic nitrogens is 4. The quantitative estimate of drug-likeness (QED) is 0.686. The number of rotatable bonds is 1. The van der Waals surface area contributed by atoms with E-state index in [9.17, 15) is 0 Å². The monoisotopic (exact) mass is 282 g/mol. The van der Waals surface area contributed by atoms with E-state index in [1.165, 1.54) is 11.3 Å². The average molecular weight is 283 g/mol. The molecule has 3 aromatic rings. The van der Waals surface area contributed by atoms with E-state index >= 15 is 0 Å². The lowest BCUT2D eigenvalue weighted by Gasteiger charge is -1.95. The Balaban J connectivity index is 2.20. The first-order valence-electron chi connectivity index (χ1n) is 4.65. The maximum absolute atomic E-state index is 5.73. The van der Waals surface area contributed by atoms with Gasteiger partial charge in [0.25, 0.3) is 0 Å². The van der Waals surface area contributed by atoms with Gasteiger partial charge in [0.1, 0.15) is 0 Å². The molecular formula is C10H4Cl2N4S. The molecule has 2 aromatic heterocycles. The number of nitrogens with zero attached hydrogens (tertiary/aromatic N) is 4. The van der Waals surface area contributed by atoms with Crippen LogP contribution in [0.2, 0.25) is 10.6 Å². The first-order chi connectivity index (χ1) is 8.22. The molecule has 0 saturated heterocycles. The van der Waals surface area contributed by atoms with Crippen molar-refractivity contribution in [1.82, 2.24) is 19.9 Å². The van der Waals surface area contributed by atoms with E-state index in [0.717, 1.165) is 10.2 Å². The SMILES string of the molecule is Clc1nc(Cl)nc(-c2nc3ccccc3s2)n1. The van der Waals surface area contributed by atoms with Crippen molar-refractivity contribution in [2.75, 3.05) is 0 Å². The third kappa shape index (κ3) is 2.09. The second kappa shape index (κ2) is 4.18. The number of thiazole rings is 1. The van der Waals surface area contributed by atoms with Crippen molar-refractivity contribution >= 4 is 44.8 Å². The molecule has 0 aliphatic rings. The molecule has 17 heavy (non-hydrogen) atoms. The highest BCUT2D eigenvalue weighted by Crippen LogP contribution is 2.28. The van der Waals surface area contributed by atoms with E-state index < -0.39 is 0 Å². The summed E-state index contributed by atoms with van der Waals surface area (Å²) in [6.07, 6.45) is 0. The molecule has 0 unspecified atom stereocenters. The van der Waals surface area contributed by atoms with Crippen LogP contribution in [0.1, 0.15) is 0 Å². The molecule has 0 bridgehead atoms.